The molecule has 0 aromatic heterocycles. The van der Waals surface area contributed by atoms with Crippen LogP contribution >= 0.6 is 0 Å². The van der Waals surface area contributed by atoms with Gasteiger partial charge in [-0.05, 0) is 43.0 Å². The standard InChI is InChI=1S/C14H23NO/c1-12(2)5-4-10-15-11-13-6-8-14(16-3)9-7-13/h6-9,12,15H,4-5,10-11H2,1-3H3. The van der Waals surface area contributed by atoms with Crippen LogP contribution in [0.1, 0.15) is 32.3 Å². The Morgan fingerprint density at radius 2 is 1.88 bits per heavy atom. The molecule has 90 valence electrons. The summed E-state index contributed by atoms with van der Waals surface area (Å²) in [6, 6.07) is 8.22. The Balaban J connectivity index is 2.16. The second kappa shape index (κ2) is 7.29. The quantitative estimate of drug-likeness (QED) is 0.714. The molecular weight excluding hydrogens is 198 g/mol. The van der Waals surface area contributed by atoms with Gasteiger partial charge in [0.05, 0.1) is 7.11 Å². The zero-order chi connectivity index (χ0) is 11.8. The number of benzene rings is 1. The summed E-state index contributed by atoms with van der Waals surface area (Å²) < 4.78 is 5.12. The molecule has 2 nitrogen and oxygen atoms in total. The van der Waals surface area contributed by atoms with Gasteiger partial charge in [0.25, 0.3) is 0 Å². The van der Waals surface area contributed by atoms with Crippen LogP contribution in [0.5, 0.6) is 5.75 Å². The summed E-state index contributed by atoms with van der Waals surface area (Å²) in [5.41, 5.74) is 1.31. The van der Waals surface area contributed by atoms with Gasteiger partial charge in [0.15, 0.2) is 0 Å². The van der Waals surface area contributed by atoms with Gasteiger partial charge in [-0.2, -0.15) is 0 Å². The third-order valence-electron chi connectivity index (χ3n) is 2.62. The second-order valence-electron chi connectivity index (χ2n) is 4.56. The molecule has 1 aromatic carbocycles. The summed E-state index contributed by atoms with van der Waals surface area (Å²) >= 11 is 0. The van der Waals surface area contributed by atoms with Crippen LogP contribution in [0.3, 0.4) is 0 Å². The number of methoxy groups -OCH3 is 1. The monoisotopic (exact) mass is 221 g/mol. The van der Waals surface area contributed by atoms with Crippen LogP contribution in [0.4, 0.5) is 0 Å². The number of hydrogen-bond acceptors (Lipinski definition) is 2. The highest BCUT2D eigenvalue weighted by atomic mass is 16.5. The van der Waals surface area contributed by atoms with Crippen molar-refractivity contribution in [3.63, 3.8) is 0 Å². The number of rotatable bonds is 7. The minimum absolute atomic E-state index is 0.808. The van der Waals surface area contributed by atoms with Crippen molar-refractivity contribution >= 4 is 0 Å². The molecule has 0 amide bonds. The molecule has 0 unspecified atom stereocenters. The Morgan fingerprint density at radius 3 is 2.44 bits per heavy atom. The number of nitrogens with one attached hydrogen (secondary N) is 1. The van der Waals surface area contributed by atoms with Gasteiger partial charge in [-0.15, -0.1) is 0 Å². The lowest BCUT2D eigenvalue weighted by molar-refractivity contribution is 0.414. The Hall–Kier alpha value is -1.02. The molecule has 0 spiro atoms. The molecular formula is C14H23NO. The van der Waals surface area contributed by atoms with E-state index < -0.39 is 0 Å². The van der Waals surface area contributed by atoms with Crippen LogP contribution in [-0.4, -0.2) is 13.7 Å². The highest BCUT2D eigenvalue weighted by molar-refractivity contribution is 5.26. The van der Waals surface area contributed by atoms with Crippen molar-refractivity contribution in [2.75, 3.05) is 13.7 Å². The van der Waals surface area contributed by atoms with Gasteiger partial charge in [-0.3, -0.25) is 0 Å². The van der Waals surface area contributed by atoms with E-state index in [9.17, 15) is 0 Å². The van der Waals surface area contributed by atoms with Crippen LogP contribution in [0.2, 0.25) is 0 Å². The molecule has 0 aliphatic carbocycles. The lowest BCUT2D eigenvalue weighted by atomic mass is 10.1. The van der Waals surface area contributed by atoms with E-state index in [0.717, 1.165) is 24.8 Å². The van der Waals surface area contributed by atoms with Crippen molar-refractivity contribution in [2.24, 2.45) is 5.92 Å². The second-order valence-corrected chi connectivity index (χ2v) is 4.56. The van der Waals surface area contributed by atoms with Crippen LogP contribution in [0.15, 0.2) is 24.3 Å². The lowest BCUT2D eigenvalue weighted by Crippen LogP contribution is -2.15. The molecule has 16 heavy (non-hydrogen) atoms. The van der Waals surface area contributed by atoms with E-state index in [1.807, 2.05) is 12.1 Å². The van der Waals surface area contributed by atoms with E-state index in [1.165, 1.54) is 18.4 Å². The maximum Gasteiger partial charge on any atom is 0.118 e. The number of hydrogen-bond donors (Lipinski definition) is 1. The fourth-order valence-electron chi connectivity index (χ4n) is 1.61. The van der Waals surface area contributed by atoms with Crippen molar-refractivity contribution < 1.29 is 4.74 Å². The zero-order valence-corrected chi connectivity index (χ0v) is 10.6. The van der Waals surface area contributed by atoms with Gasteiger partial charge >= 0.3 is 0 Å². The summed E-state index contributed by atoms with van der Waals surface area (Å²) in [5, 5.41) is 3.45. The van der Waals surface area contributed by atoms with Crippen LogP contribution < -0.4 is 10.1 Å². The maximum absolute atomic E-state index is 5.12. The molecule has 0 aliphatic heterocycles. The normalized spacial score (nSPS) is 10.8. The average molecular weight is 221 g/mol. The molecule has 1 N–H and O–H groups in total. The van der Waals surface area contributed by atoms with Crippen molar-refractivity contribution in [3.8, 4) is 5.75 Å². The molecule has 0 saturated carbocycles. The van der Waals surface area contributed by atoms with Gasteiger partial charge in [-0.1, -0.05) is 26.0 Å². The van der Waals surface area contributed by atoms with Crippen molar-refractivity contribution in [3.05, 3.63) is 29.8 Å². The molecule has 1 rings (SSSR count). The Kier molecular flexibility index (Phi) is 5.94. The maximum atomic E-state index is 5.12. The van der Waals surface area contributed by atoms with Gasteiger partial charge in [0.1, 0.15) is 5.75 Å². The van der Waals surface area contributed by atoms with Gasteiger partial charge in [0, 0.05) is 6.54 Å². The predicted molar refractivity (Wildman–Crippen MR) is 68.8 cm³/mol. The first-order valence-corrected chi connectivity index (χ1v) is 6.06. The molecule has 0 radical (unpaired) electrons. The van der Waals surface area contributed by atoms with E-state index in [1.54, 1.807) is 7.11 Å². The highest BCUT2D eigenvalue weighted by Crippen LogP contribution is 2.11. The fourth-order valence-corrected chi connectivity index (χ4v) is 1.61. The minimum atomic E-state index is 0.808. The first-order chi connectivity index (χ1) is 7.72. The van der Waals surface area contributed by atoms with Crippen LogP contribution in [0, 0.1) is 5.92 Å². The summed E-state index contributed by atoms with van der Waals surface area (Å²) in [7, 11) is 1.69. The van der Waals surface area contributed by atoms with E-state index in [4.69, 9.17) is 4.74 Å². The van der Waals surface area contributed by atoms with Crippen LogP contribution in [0.25, 0.3) is 0 Å². The zero-order valence-electron chi connectivity index (χ0n) is 10.6. The van der Waals surface area contributed by atoms with Crippen molar-refractivity contribution in [1.29, 1.82) is 0 Å². The van der Waals surface area contributed by atoms with E-state index in [-0.39, 0.29) is 0 Å². The first kappa shape index (κ1) is 13.0. The predicted octanol–water partition coefficient (Wildman–Crippen LogP) is 3.22. The molecule has 0 bridgehead atoms. The van der Waals surface area contributed by atoms with Gasteiger partial charge in [0.2, 0.25) is 0 Å². The summed E-state index contributed by atoms with van der Waals surface area (Å²) in [4.78, 5) is 0. The average Bonchev–Trinajstić information content (AvgIpc) is 2.29. The molecule has 0 aliphatic rings. The first-order valence-electron chi connectivity index (χ1n) is 6.06. The van der Waals surface area contributed by atoms with Crippen molar-refractivity contribution in [1.82, 2.24) is 5.32 Å². The van der Waals surface area contributed by atoms with Crippen LogP contribution in [-0.2, 0) is 6.54 Å². The Labute approximate surface area is 99.0 Å². The van der Waals surface area contributed by atoms with E-state index in [0.29, 0.717) is 0 Å². The topological polar surface area (TPSA) is 21.3 Å². The minimum Gasteiger partial charge on any atom is -0.497 e. The molecule has 0 heterocycles. The molecule has 2 heteroatoms. The Morgan fingerprint density at radius 1 is 1.19 bits per heavy atom. The summed E-state index contributed by atoms with van der Waals surface area (Å²) in [5.74, 6) is 1.73. The molecule has 0 atom stereocenters. The molecule has 0 fully saturated rings. The third-order valence-corrected chi connectivity index (χ3v) is 2.62. The lowest BCUT2D eigenvalue weighted by Gasteiger charge is -2.07. The fraction of sp³-hybridized carbons (Fsp3) is 0.571. The number of ether oxygens (including phenoxy) is 1. The summed E-state index contributed by atoms with van der Waals surface area (Å²) in [6.07, 6.45) is 2.56. The smallest absolute Gasteiger partial charge is 0.118 e. The van der Waals surface area contributed by atoms with E-state index in [2.05, 4.69) is 31.3 Å². The van der Waals surface area contributed by atoms with Gasteiger partial charge in [-0.25, -0.2) is 0 Å². The SMILES string of the molecule is COc1ccc(CNCCCC(C)C)cc1. The third kappa shape index (κ3) is 5.17. The molecule has 0 saturated heterocycles. The summed E-state index contributed by atoms with van der Waals surface area (Å²) in [6.45, 7) is 6.58. The van der Waals surface area contributed by atoms with Gasteiger partial charge < -0.3 is 10.1 Å². The molecule has 1 aromatic rings. The Bertz CT molecular complexity index is 279. The van der Waals surface area contributed by atoms with E-state index >= 15 is 0 Å². The largest absolute Gasteiger partial charge is 0.497 e. The van der Waals surface area contributed by atoms with Crippen molar-refractivity contribution in [2.45, 2.75) is 33.2 Å². The highest BCUT2D eigenvalue weighted by Gasteiger charge is 1.95.